The number of allylic oxidation sites excluding steroid dienone is 1. The van der Waals surface area contributed by atoms with Crippen LogP contribution < -0.4 is 4.74 Å². The van der Waals surface area contributed by atoms with E-state index in [9.17, 15) is 14.4 Å². The predicted molar refractivity (Wildman–Crippen MR) is 68.7 cm³/mol. The lowest BCUT2D eigenvalue weighted by Gasteiger charge is -2.17. The van der Waals surface area contributed by atoms with Gasteiger partial charge < -0.3 is 14.2 Å². The SMILES string of the molecule is COC(=O)c1cc2c(c(OC)c1)C(=O)C(=O)C(OC)=C2. The van der Waals surface area contributed by atoms with E-state index in [0.29, 0.717) is 5.56 Å². The molecule has 0 atom stereocenters. The molecular formula is C14H12O6. The number of Topliss-reactive ketones (excluding diaryl/α,β-unsaturated/α-hetero) is 2. The van der Waals surface area contributed by atoms with Crippen molar-refractivity contribution in [3.8, 4) is 5.75 Å². The first-order valence-corrected chi connectivity index (χ1v) is 5.68. The summed E-state index contributed by atoms with van der Waals surface area (Å²) in [4.78, 5) is 35.4. The summed E-state index contributed by atoms with van der Waals surface area (Å²) >= 11 is 0. The molecule has 1 aliphatic rings. The highest BCUT2D eigenvalue weighted by atomic mass is 16.5. The second-order valence-electron chi connectivity index (χ2n) is 4.01. The number of ketones is 2. The minimum Gasteiger partial charge on any atom is -0.496 e. The van der Waals surface area contributed by atoms with Crippen molar-refractivity contribution in [3.63, 3.8) is 0 Å². The van der Waals surface area contributed by atoms with Crippen molar-refractivity contribution in [1.29, 1.82) is 0 Å². The van der Waals surface area contributed by atoms with Gasteiger partial charge in [0.1, 0.15) is 5.75 Å². The van der Waals surface area contributed by atoms with Crippen molar-refractivity contribution in [2.45, 2.75) is 0 Å². The summed E-state index contributed by atoms with van der Waals surface area (Å²) in [5, 5.41) is 0. The summed E-state index contributed by atoms with van der Waals surface area (Å²) in [5.74, 6) is -1.97. The first kappa shape index (κ1) is 13.8. The standard InChI is InChI=1S/C14H12O6/c1-18-9-6-8(14(17)20-3)4-7-5-10(19-2)12(15)13(16)11(7)9/h4-6H,1-3H3. The molecule has 0 aromatic heterocycles. The maximum Gasteiger partial charge on any atom is 0.338 e. The number of esters is 1. The Balaban J connectivity index is 2.70. The van der Waals surface area contributed by atoms with Crippen LogP contribution in [0.4, 0.5) is 0 Å². The largest absolute Gasteiger partial charge is 0.496 e. The lowest BCUT2D eigenvalue weighted by atomic mass is 9.91. The first-order chi connectivity index (χ1) is 9.53. The molecular weight excluding hydrogens is 264 g/mol. The van der Waals surface area contributed by atoms with Crippen LogP contribution in [0.2, 0.25) is 0 Å². The van der Waals surface area contributed by atoms with E-state index in [1.165, 1.54) is 39.5 Å². The summed E-state index contributed by atoms with van der Waals surface area (Å²) in [6.07, 6.45) is 1.40. The van der Waals surface area contributed by atoms with E-state index >= 15 is 0 Å². The van der Waals surface area contributed by atoms with E-state index < -0.39 is 17.5 Å². The van der Waals surface area contributed by atoms with Crippen LogP contribution in [0, 0.1) is 0 Å². The molecule has 1 aromatic rings. The zero-order valence-corrected chi connectivity index (χ0v) is 11.2. The summed E-state index contributed by atoms with van der Waals surface area (Å²) in [5.41, 5.74) is 0.717. The monoisotopic (exact) mass is 276 g/mol. The number of ether oxygens (including phenoxy) is 3. The Bertz CT molecular complexity index is 641. The highest BCUT2D eigenvalue weighted by molar-refractivity contribution is 6.51. The number of hydrogen-bond donors (Lipinski definition) is 0. The summed E-state index contributed by atoms with van der Waals surface area (Å²) < 4.78 is 14.6. The second-order valence-corrected chi connectivity index (χ2v) is 4.01. The lowest BCUT2D eigenvalue weighted by Crippen LogP contribution is -2.23. The maximum atomic E-state index is 12.0. The number of carbonyl (C=O) groups excluding carboxylic acids is 3. The number of benzene rings is 1. The zero-order chi connectivity index (χ0) is 14.9. The van der Waals surface area contributed by atoms with Crippen molar-refractivity contribution in [2.75, 3.05) is 21.3 Å². The molecule has 0 radical (unpaired) electrons. The third-order valence-corrected chi connectivity index (χ3v) is 2.94. The van der Waals surface area contributed by atoms with Crippen LogP contribution in [0.15, 0.2) is 17.9 Å². The number of hydrogen-bond acceptors (Lipinski definition) is 6. The fourth-order valence-corrected chi connectivity index (χ4v) is 1.97. The first-order valence-electron chi connectivity index (χ1n) is 5.68. The molecule has 6 heteroatoms. The number of carbonyl (C=O) groups is 3. The molecule has 0 unspecified atom stereocenters. The molecule has 6 nitrogen and oxygen atoms in total. The zero-order valence-electron chi connectivity index (χ0n) is 11.2. The fourth-order valence-electron chi connectivity index (χ4n) is 1.97. The summed E-state index contributed by atoms with van der Waals surface area (Å²) in [7, 11) is 3.90. The van der Waals surface area contributed by atoms with E-state index in [0.717, 1.165) is 0 Å². The second kappa shape index (κ2) is 5.16. The molecule has 0 saturated heterocycles. The van der Waals surface area contributed by atoms with Crippen molar-refractivity contribution in [3.05, 3.63) is 34.6 Å². The van der Waals surface area contributed by atoms with Gasteiger partial charge in [0.15, 0.2) is 5.76 Å². The van der Waals surface area contributed by atoms with Gasteiger partial charge in [-0.05, 0) is 23.8 Å². The highest BCUT2D eigenvalue weighted by Gasteiger charge is 2.32. The molecule has 0 N–H and O–H groups in total. The van der Waals surface area contributed by atoms with Crippen LogP contribution in [-0.2, 0) is 14.3 Å². The molecule has 0 heterocycles. The smallest absolute Gasteiger partial charge is 0.338 e. The van der Waals surface area contributed by atoms with E-state index in [-0.39, 0.29) is 22.6 Å². The highest BCUT2D eigenvalue weighted by Crippen LogP contribution is 2.31. The number of methoxy groups -OCH3 is 3. The van der Waals surface area contributed by atoms with Gasteiger partial charge in [0.25, 0.3) is 5.78 Å². The topological polar surface area (TPSA) is 78.9 Å². The molecule has 20 heavy (non-hydrogen) atoms. The Kier molecular flexibility index (Phi) is 3.56. The molecule has 104 valence electrons. The van der Waals surface area contributed by atoms with Crippen LogP contribution in [0.3, 0.4) is 0 Å². The third-order valence-electron chi connectivity index (χ3n) is 2.94. The molecule has 2 rings (SSSR count). The van der Waals surface area contributed by atoms with Crippen LogP contribution in [0.1, 0.15) is 26.3 Å². The van der Waals surface area contributed by atoms with Crippen LogP contribution >= 0.6 is 0 Å². The van der Waals surface area contributed by atoms with Gasteiger partial charge in [0, 0.05) is 0 Å². The van der Waals surface area contributed by atoms with Crippen molar-refractivity contribution in [1.82, 2.24) is 0 Å². The van der Waals surface area contributed by atoms with Gasteiger partial charge in [-0.3, -0.25) is 9.59 Å². The molecule has 0 aliphatic heterocycles. The molecule has 1 aromatic carbocycles. The molecule has 1 aliphatic carbocycles. The predicted octanol–water partition coefficient (Wildman–Crippen LogP) is 1.23. The van der Waals surface area contributed by atoms with Crippen LogP contribution in [-0.4, -0.2) is 38.9 Å². The van der Waals surface area contributed by atoms with Crippen molar-refractivity contribution < 1.29 is 28.6 Å². The maximum absolute atomic E-state index is 12.0. The average molecular weight is 276 g/mol. The van der Waals surface area contributed by atoms with Gasteiger partial charge in [0.2, 0.25) is 5.78 Å². The van der Waals surface area contributed by atoms with Crippen LogP contribution in [0.25, 0.3) is 6.08 Å². The van der Waals surface area contributed by atoms with Gasteiger partial charge >= 0.3 is 5.97 Å². The molecule has 0 spiro atoms. The van der Waals surface area contributed by atoms with Gasteiger partial charge in [-0.15, -0.1) is 0 Å². The average Bonchev–Trinajstić information content (AvgIpc) is 2.48. The van der Waals surface area contributed by atoms with Gasteiger partial charge in [-0.25, -0.2) is 4.79 Å². The Morgan fingerprint density at radius 1 is 1.00 bits per heavy atom. The normalized spacial score (nSPS) is 13.4. The number of fused-ring (bicyclic) bond motifs is 1. The van der Waals surface area contributed by atoms with Crippen molar-refractivity contribution in [2.24, 2.45) is 0 Å². The Hall–Kier alpha value is -2.63. The summed E-state index contributed by atoms with van der Waals surface area (Å²) in [6, 6.07) is 2.81. The van der Waals surface area contributed by atoms with Gasteiger partial charge in [0.05, 0.1) is 32.5 Å². The third kappa shape index (κ3) is 2.05. The van der Waals surface area contributed by atoms with Crippen LogP contribution in [0.5, 0.6) is 5.75 Å². The fraction of sp³-hybridized carbons (Fsp3) is 0.214. The number of rotatable bonds is 3. The van der Waals surface area contributed by atoms with E-state index in [2.05, 4.69) is 4.74 Å². The Morgan fingerprint density at radius 2 is 1.70 bits per heavy atom. The van der Waals surface area contributed by atoms with E-state index in [1.807, 2.05) is 0 Å². The molecule has 0 fully saturated rings. The molecule has 0 amide bonds. The van der Waals surface area contributed by atoms with Gasteiger partial charge in [-0.2, -0.15) is 0 Å². The minimum absolute atomic E-state index is 0.0773. The van der Waals surface area contributed by atoms with E-state index in [4.69, 9.17) is 9.47 Å². The molecule has 0 bridgehead atoms. The Labute approximate surface area is 114 Å². The van der Waals surface area contributed by atoms with Crippen molar-refractivity contribution >= 4 is 23.6 Å². The quantitative estimate of drug-likeness (QED) is 0.610. The Morgan fingerprint density at radius 3 is 2.25 bits per heavy atom. The minimum atomic E-state index is -0.746. The summed E-state index contributed by atoms with van der Waals surface area (Å²) in [6.45, 7) is 0. The lowest BCUT2D eigenvalue weighted by molar-refractivity contribution is -0.114. The van der Waals surface area contributed by atoms with Gasteiger partial charge in [-0.1, -0.05) is 0 Å². The van der Waals surface area contributed by atoms with E-state index in [1.54, 1.807) is 0 Å². The molecule has 0 saturated carbocycles.